The van der Waals surface area contributed by atoms with Gasteiger partial charge in [0.15, 0.2) is 11.5 Å². The Kier molecular flexibility index (Phi) is 6.12. The minimum Gasteiger partial charge on any atom is -0.493 e. The summed E-state index contributed by atoms with van der Waals surface area (Å²) >= 11 is 6.22. The van der Waals surface area contributed by atoms with Crippen LogP contribution < -0.4 is 20.5 Å². The Morgan fingerprint density at radius 1 is 1.21 bits per heavy atom. The van der Waals surface area contributed by atoms with Crippen LogP contribution in [0.1, 0.15) is 11.1 Å². The summed E-state index contributed by atoms with van der Waals surface area (Å²) in [7, 11) is 3.03. The quantitative estimate of drug-likeness (QED) is 0.476. The second-order valence-corrected chi connectivity index (χ2v) is 6.12. The summed E-state index contributed by atoms with van der Waals surface area (Å²) in [6.45, 7) is 0. The van der Waals surface area contributed by atoms with E-state index in [4.69, 9.17) is 21.1 Å². The topological polar surface area (TPSA) is 112 Å². The highest BCUT2D eigenvalue weighted by molar-refractivity contribution is 6.33. The minimum absolute atomic E-state index is 0.0753. The predicted molar refractivity (Wildman–Crippen MR) is 111 cm³/mol. The van der Waals surface area contributed by atoms with Crippen molar-refractivity contribution in [2.75, 3.05) is 19.6 Å². The van der Waals surface area contributed by atoms with E-state index < -0.39 is 5.56 Å². The summed E-state index contributed by atoms with van der Waals surface area (Å²) in [5.74, 6) is 1.07. The standard InChI is InChI=1S/C20H16ClN5O3/c1-28-16-8-13(15(21)9-17(16)29-2)11-23-26-20-24-18(12-6-4-3-5-7-12)14(10-22)19(27)25-20/h3-9,11H,1-2H3,(H2,24,25,26,27). The SMILES string of the molecule is COc1cc(Cl)c(C=NNc2nc(-c3ccccc3)c(C#N)c(=O)[nH]2)cc1OC. The van der Waals surface area contributed by atoms with E-state index in [1.165, 1.54) is 20.4 Å². The number of hydrogen-bond donors (Lipinski definition) is 2. The molecule has 0 spiro atoms. The van der Waals surface area contributed by atoms with Gasteiger partial charge in [0, 0.05) is 17.2 Å². The second kappa shape index (κ2) is 8.91. The number of aromatic amines is 1. The van der Waals surface area contributed by atoms with Crippen LogP contribution >= 0.6 is 11.6 Å². The number of nitrogens with zero attached hydrogens (tertiary/aromatic N) is 3. The van der Waals surface area contributed by atoms with Crippen molar-refractivity contribution in [2.24, 2.45) is 5.10 Å². The fourth-order valence-electron chi connectivity index (χ4n) is 2.57. The number of ether oxygens (including phenoxy) is 2. The molecule has 29 heavy (non-hydrogen) atoms. The van der Waals surface area contributed by atoms with Gasteiger partial charge in [-0.2, -0.15) is 10.4 Å². The normalized spacial score (nSPS) is 10.6. The Morgan fingerprint density at radius 3 is 2.55 bits per heavy atom. The molecule has 2 N–H and O–H groups in total. The lowest BCUT2D eigenvalue weighted by atomic mass is 10.1. The van der Waals surface area contributed by atoms with Crippen LogP contribution in [0.4, 0.5) is 5.95 Å². The summed E-state index contributed by atoms with van der Waals surface area (Å²) < 4.78 is 10.4. The largest absolute Gasteiger partial charge is 0.493 e. The van der Waals surface area contributed by atoms with E-state index in [9.17, 15) is 10.1 Å². The van der Waals surface area contributed by atoms with Crippen molar-refractivity contribution >= 4 is 23.8 Å². The second-order valence-electron chi connectivity index (χ2n) is 5.71. The van der Waals surface area contributed by atoms with Gasteiger partial charge >= 0.3 is 0 Å². The zero-order chi connectivity index (χ0) is 20.8. The first-order chi connectivity index (χ1) is 14.1. The van der Waals surface area contributed by atoms with Crippen LogP contribution in [0.25, 0.3) is 11.3 Å². The lowest BCUT2D eigenvalue weighted by Crippen LogP contribution is -2.16. The molecule has 0 saturated carbocycles. The number of H-pyrrole nitrogens is 1. The molecule has 2 aromatic carbocycles. The predicted octanol–water partition coefficient (Wildman–Crippen LogP) is 3.43. The van der Waals surface area contributed by atoms with Gasteiger partial charge in [-0.25, -0.2) is 10.4 Å². The van der Waals surface area contributed by atoms with Gasteiger partial charge in [-0.15, -0.1) is 0 Å². The molecule has 0 aliphatic carbocycles. The molecule has 3 rings (SSSR count). The molecule has 8 nitrogen and oxygen atoms in total. The molecular formula is C20H16ClN5O3. The monoisotopic (exact) mass is 409 g/mol. The highest BCUT2D eigenvalue weighted by Gasteiger charge is 2.13. The molecule has 0 fully saturated rings. The summed E-state index contributed by atoms with van der Waals surface area (Å²) in [6, 6.07) is 14.1. The number of benzene rings is 2. The van der Waals surface area contributed by atoms with E-state index in [-0.39, 0.29) is 17.2 Å². The van der Waals surface area contributed by atoms with E-state index in [0.717, 1.165) is 0 Å². The van der Waals surface area contributed by atoms with E-state index in [1.54, 1.807) is 36.4 Å². The van der Waals surface area contributed by atoms with Crippen LogP contribution in [0.3, 0.4) is 0 Å². The third-order valence-corrected chi connectivity index (χ3v) is 4.28. The Bertz CT molecular complexity index is 1150. The molecule has 146 valence electrons. The first-order valence-electron chi connectivity index (χ1n) is 8.37. The summed E-state index contributed by atoms with van der Waals surface area (Å²) in [6.07, 6.45) is 1.45. The third-order valence-electron chi connectivity index (χ3n) is 3.96. The maximum atomic E-state index is 12.2. The van der Waals surface area contributed by atoms with Gasteiger partial charge in [-0.1, -0.05) is 41.9 Å². The number of anilines is 1. The number of rotatable bonds is 6. The first kappa shape index (κ1) is 19.9. The number of halogens is 1. The molecule has 0 bridgehead atoms. The Hall–Kier alpha value is -3.83. The highest BCUT2D eigenvalue weighted by atomic mass is 35.5. The highest BCUT2D eigenvalue weighted by Crippen LogP contribution is 2.32. The number of hydrogen-bond acceptors (Lipinski definition) is 7. The molecule has 0 radical (unpaired) electrons. The Morgan fingerprint density at radius 2 is 1.90 bits per heavy atom. The first-order valence-corrected chi connectivity index (χ1v) is 8.75. The van der Waals surface area contributed by atoms with E-state index >= 15 is 0 Å². The van der Waals surface area contributed by atoms with E-state index in [2.05, 4.69) is 20.5 Å². The number of methoxy groups -OCH3 is 2. The fourth-order valence-corrected chi connectivity index (χ4v) is 2.77. The van der Waals surface area contributed by atoms with Gasteiger partial charge in [0.1, 0.15) is 11.6 Å². The molecule has 9 heteroatoms. The van der Waals surface area contributed by atoms with Crippen LogP contribution in [-0.4, -0.2) is 30.4 Å². The maximum absolute atomic E-state index is 12.2. The molecule has 1 heterocycles. The Labute approximate surface area is 171 Å². The summed E-state index contributed by atoms with van der Waals surface area (Å²) in [5, 5.41) is 13.8. The van der Waals surface area contributed by atoms with Gasteiger partial charge in [0.2, 0.25) is 5.95 Å². The van der Waals surface area contributed by atoms with E-state index in [1.807, 2.05) is 12.1 Å². The smallest absolute Gasteiger partial charge is 0.270 e. The molecule has 3 aromatic rings. The molecule has 0 amide bonds. The van der Waals surface area contributed by atoms with Crippen molar-refractivity contribution in [3.8, 4) is 28.8 Å². The average molecular weight is 410 g/mol. The lowest BCUT2D eigenvalue weighted by Gasteiger charge is -2.09. The Balaban J connectivity index is 1.91. The van der Waals surface area contributed by atoms with Crippen molar-refractivity contribution in [1.82, 2.24) is 9.97 Å². The van der Waals surface area contributed by atoms with Crippen molar-refractivity contribution in [3.05, 3.63) is 69.0 Å². The van der Waals surface area contributed by atoms with Crippen molar-refractivity contribution < 1.29 is 9.47 Å². The average Bonchev–Trinajstić information content (AvgIpc) is 2.74. The van der Waals surface area contributed by atoms with Gasteiger partial charge in [0.25, 0.3) is 5.56 Å². The molecule has 0 aliphatic rings. The number of nitriles is 1. The number of hydrazone groups is 1. The maximum Gasteiger partial charge on any atom is 0.270 e. The van der Waals surface area contributed by atoms with Crippen molar-refractivity contribution in [2.45, 2.75) is 0 Å². The molecule has 0 unspecified atom stereocenters. The zero-order valence-electron chi connectivity index (χ0n) is 15.6. The van der Waals surface area contributed by atoms with Crippen LogP contribution in [0.15, 0.2) is 52.4 Å². The fraction of sp³-hybridized carbons (Fsp3) is 0.100. The van der Waals surface area contributed by atoms with Crippen molar-refractivity contribution in [1.29, 1.82) is 5.26 Å². The summed E-state index contributed by atoms with van der Waals surface area (Å²) in [5.41, 5.74) is 3.48. The van der Waals surface area contributed by atoms with Crippen LogP contribution in [0.5, 0.6) is 11.5 Å². The number of nitrogens with one attached hydrogen (secondary N) is 2. The molecule has 1 aromatic heterocycles. The van der Waals surface area contributed by atoms with Gasteiger partial charge in [0.05, 0.1) is 31.2 Å². The lowest BCUT2D eigenvalue weighted by molar-refractivity contribution is 0.355. The molecule has 0 aliphatic heterocycles. The summed E-state index contributed by atoms with van der Waals surface area (Å²) in [4.78, 5) is 19.0. The molecule has 0 atom stereocenters. The number of aromatic nitrogens is 2. The van der Waals surface area contributed by atoms with Crippen LogP contribution in [0, 0.1) is 11.3 Å². The molecule has 0 saturated heterocycles. The van der Waals surface area contributed by atoms with E-state index in [0.29, 0.717) is 27.6 Å². The van der Waals surface area contributed by atoms with Gasteiger partial charge < -0.3 is 9.47 Å². The van der Waals surface area contributed by atoms with Crippen LogP contribution in [0.2, 0.25) is 5.02 Å². The zero-order valence-corrected chi connectivity index (χ0v) is 16.3. The molecular weight excluding hydrogens is 394 g/mol. The van der Waals surface area contributed by atoms with Crippen molar-refractivity contribution in [3.63, 3.8) is 0 Å². The van der Waals surface area contributed by atoms with Gasteiger partial charge in [-0.05, 0) is 6.07 Å². The minimum atomic E-state index is -0.566. The third kappa shape index (κ3) is 4.36. The van der Waals surface area contributed by atoms with Gasteiger partial charge in [-0.3, -0.25) is 9.78 Å². The van der Waals surface area contributed by atoms with Crippen LogP contribution in [-0.2, 0) is 0 Å².